The van der Waals surface area contributed by atoms with Gasteiger partial charge in [-0.3, -0.25) is 0 Å². The van der Waals surface area contributed by atoms with Crippen molar-refractivity contribution in [1.29, 1.82) is 0 Å². The van der Waals surface area contributed by atoms with Crippen molar-refractivity contribution in [1.82, 2.24) is 0 Å². The maximum Gasteiger partial charge on any atom is 0.416 e. The zero-order valence-electron chi connectivity index (χ0n) is 11.1. The molecule has 0 heterocycles. The van der Waals surface area contributed by atoms with Crippen LogP contribution in [0.25, 0.3) is 0 Å². The summed E-state index contributed by atoms with van der Waals surface area (Å²) in [6.45, 7) is -0.640. The second-order valence-electron chi connectivity index (χ2n) is 4.26. The van der Waals surface area contributed by atoms with Crippen LogP contribution < -0.4 is 4.74 Å². The number of halogens is 3. The maximum absolute atomic E-state index is 12.9. The van der Waals surface area contributed by atoms with E-state index in [0.29, 0.717) is 10.6 Å². The monoisotopic (exact) mass is 314 g/mol. The fraction of sp³-hybridized carbons (Fsp3) is 0.200. The molecule has 0 aliphatic carbocycles. The maximum atomic E-state index is 12.9. The lowest BCUT2D eigenvalue weighted by Gasteiger charge is -2.13. The molecule has 21 heavy (non-hydrogen) atoms. The summed E-state index contributed by atoms with van der Waals surface area (Å²) in [6.07, 6.45) is -4.48. The van der Waals surface area contributed by atoms with E-state index in [-0.39, 0.29) is 5.56 Å². The van der Waals surface area contributed by atoms with Gasteiger partial charge in [-0.25, -0.2) is 0 Å². The van der Waals surface area contributed by atoms with E-state index in [1.165, 1.54) is 24.9 Å². The molecule has 0 fully saturated rings. The largest absolute Gasteiger partial charge is 0.497 e. The van der Waals surface area contributed by atoms with E-state index >= 15 is 0 Å². The highest BCUT2D eigenvalue weighted by molar-refractivity contribution is 7.99. The molecule has 0 saturated carbocycles. The van der Waals surface area contributed by atoms with Crippen LogP contribution in [-0.4, -0.2) is 12.2 Å². The molecule has 6 heteroatoms. The third-order valence-corrected chi connectivity index (χ3v) is 3.81. The predicted octanol–water partition coefficient (Wildman–Crippen LogP) is 4.36. The van der Waals surface area contributed by atoms with Gasteiger partial charge in [0.2, 0.25) is 0 Å². The van der Waals surface area contributed by atoms with E-state index in [1.54, 1.807) is 30.3 Å². The van der Waals surface area contributed by atoms with E-state index < -0.39 is 18.3 Å². The van der Waals surface area contributed by atoms with Gasteiger partial charge in [-0.15, -0.1) is 0 Å². The van der Waals surface area contributed by atoms with E-state index in [4.69, 9.17) is 9.84 Å². The van der Waals surface area contributed by atoms with Gasteiger partial charge in [-0.1, -0.05) is 23.9 Å². The van der Waals surface area contributed by atoms with Crippen molar-refractivity contribution < 1.29 is 23.0 Å². The molecule has 1 N–H and O–H groups in total. The van der Waals surface area contributed by atoms with Gasteiger partial charge in [0.05, 0.1) is 19.3 Å². The van der Waals surface area contributed by atoms with Gasteiger partial charge >= 0.3 is 6.18 Å². The van der Waals surface area contributed by atoms with Crippen molar-refractivity contribution in [2.24, 2.45) is 0 Å². The van der Waals surface area contributed by atoms with Crippen molar-refractivity contribution in [3.05, 3.63) is 53.6 Å². The summed E-state index contributed by atoms with van der Waals surface area (Å²) in [6, 6.07) is 11.0. The Morgan fingerprint density at radius 3 is 2.43 bits per heavy atom. The highest BCUT2D eigenvalue weighted by Crippen LogP contribution is 2.37. The molecule has 2 aromatic rings. The molecule has 2 nitrogen and oxygen atoms in total. The normalized spacial score (nSPS) is 11.5. The van der Waals surface area contributed by atoms with Gasteiger partial charge < -0.3 is 9.84 Å². The number of rotatable bonds is 4. The van der Waals surface area contributed by atoms with Crippen LogP contribution in [0.3, 0.4) is 0 Å². The van der Waals surface area contributed by atoms with Gasteiger partial charge in [0.25, 0.3) is 0 Å². The first kappa shape index (κ1) is 15.7. The second kappa shape index (κ2) is 6.41. The summed E-state index contributed by atoms with van der Waals surface area (Å²) in [7, 11) is 1.53. The van der Waals surface area contributed by atoms with Crippen LogP contribution in [-0.2, 0) is 12.8 Å². The first-order valence-electron chi connectivity index (χ1n) is 6.07. The highest BCUT2D eigenvalue weighted by Gasteiger charge is 2.33. The molecule has 112 valence electrons. The Bertz CT molecular complexity index is 627. The predicted molar refractivity (Wildman–Crippen MR) is 74.5 cm³/mol. The average molecular weight is 314 g/mol. The Kier molecular flexibility index (Phi) is 4.80. The molecular formula is C15H13F3O2S. The van der Waals surface area contributed by atoms with Crippen LogP contribution in [0, 0.1) is 0 Å². The molecule has 0 aliphatic rings. The van der Waals surface area contributed by atoms with Gasteiger partial charge in [-0.05, 0) is 35.9 Å². The van der Waals surface area contributed by atoms with E-state index in [9.17, 15) is 13.2 Å². The molecule has 0 radical (unpaired) electrons. The SMILES string of the molecule is COc1cccc(Sc2ccc(CO)c(C(F)(F)F)c2)c1. The fourth-order valence-electron chi connectivity index (χ4n) is 1.82. The first-order valence-corrected chi connectivity index (χ1v) is 6.88. The molecule has 2 rings (SSSR count). The lowest BCUT2D eigenvalue weighted by atomic mass is 10.1. The summed E-state index contributed by atoms with van der Waals surface area (Å²) < 4.78 is 43.9. The molecule has 2 aromatic carbocycles. The average Bonchev–Trinajstić information content (AvgIpc) is 2.46. The summed E-state index contributed by atoms with van der Waals surface area (Å²) in [5, 5.41) is 9.01. The van der Waals surface area contributed by atoms with Crippen molar-refractivity contribution >= 4 is 11.8 Å². The topological polar surface area (TPSA) is 29.5 Å². The van der Waals surface area contributed by atoms with Gasteiger partial charge in [-0.2, -0.15) is 13.2 Å². The fourth-order valence-corrected chi connectivity index (χ4v) is 2.73. The third kappa shape index (κ3) is 3.92. The Labute approximate surface area is 124 Å². The van der Waals surface area contributed by atoms with Crippen LogP contribution >= 0.6 is 11.8 Å². The minimum Gasteiger partial charge on any atom is -0.497 e. The molecule has 0 amide bonds. The van der Waals surface area contributed by atoms with Crippen LogP contribution in [0.5, 0.6) is 5.75 Å². The molecule has 0 unspecified atom stereocenters. The lowest BCUT2D eigenvalue weighted by Crippen LogP contribution is -2.09. The Balaban J connectivity index is 2.32. The minimum atomic E-state index is -4.48. The summed E-state index contributed by atoms with van der Waals surface area (Å²) in [4.78, 5) is 1.23. The number of aliphatic hydroxyl groups excluding tert-OH is 1. The van der Waals surface area contributed by atoms with Crippen LogP contribution in [0.2, 0.25) is 0 Å². The van der Waals surface area contributed by atoms with Crippen molar-refractivity contribution in [2.75, 3.05) is 7.11 Å². The molecular weight excluding hydrogens is 301 g/mol. The highest BCUT2D eigenvalue weighted by atomic mass is 32.2. The summed E-state index contributed by atoms with van der Waals surface area (Å²) in [5.74, 6) is 0.642. The lowest BCUT2D eigenvalue weighted by molar-refractivity contribution is -0.138. The quantitative estimate of drug-likeness (QED) is 0.909. The molecule has 0 spiro atoms. The zero-order chi connectivity index (χ0) is 15.5. The number of benzene rings is 2. The smallest absolute Gasteiger partial charge is 0.416 e. The standard InChI is InChI=1S/C15H13F3O2S/c1-20-11-3-2-4-12(7-11)21-13-6-5-10(9-19)14(8-13)15(16,17)18/h2-8,19H,9H2,1H3. The molecule has 0 saturated heterocycles. The number of ether oxygens (including phenoxy) is 1. The van der Waals surface area contributed by atoms with E-state index in [1.807, 2.05) is 0 Å². The Morgan fingerprint density at radius 1 is 1.10 bits per heavy atom. The van der Waals surface area contributed by atoms with Crippen molar-refractivity contribution in [2.45, 2.75) is 22.6 Å². The van der Waals surface area contributed by atoms with Crippen LogP contribution in [0.1, 0.15) is 11.1 Å². The number of methoxy groups -OCH3 is 1. The van der Waals surface area contributed by atoms with Gasteiger partial charge in [0.15, 0.2) is 0 Å². The van der Waals surface area contributed by atoms with Crippen molar-refractivity contribution in [3.63, 3.8) is 0 Å². The van der Waals surface area contributed by atoms with Gasteiger partial charge in [0, 0.05) is 9.79 Å². The van der Waals surface area contributed by atoms with Crippen molar-refractivity contribution in [3.8, 4) is 5.75 Å². The van der Waals surface area contributed by atoms with Crippen LogP contribution in [0.4, 0.5) is 13.2 Å². The number of hydrogen-bond acceptors (Lipinski definition) is 3. The van der Waals surface area contributed by atoms with E-state index in [2.05, 4.69) is 0 Å². The first-order chi connectivity index (χ1) is 9.94. The van der Waals surface area contributed by atoms with Crippen LogP contribution in [0.15, 0.2) is 52.3 Å². The zero-order valence-corrected chi connectivity index (χ0v) is 12.0. The number of hydrogen-bond donors (Lipinski definition) is 1. The molecule has 0 aromatic heterocycles. The summed E-state index contributed by atoms with van der Waals surface area (Å²) in [5.41, 5.74) is -0.935. The second-order valence-corrected chi connectivity index (χ2v) is 5.40. The van der Waals surface area contributed by atoms with E-state index in [0.717, 1.165) is 11.0 Å². The molecule has 0 aliphatic heterocycles. The minimum absolute atomic E-state index is 0.127. The number of alkyl halides is 3. The van der Waals surface area contributed by atoms with Gasteiger partial charge in [0.1, 0.15) is 5.75 Å². The summed E-state index contributed by atoms with van der Waals surface area (Å²) >= 11 is 1.20. The molecule has 0 bridgehead atoms. The Morgan fingerprint density at radius 2 is 1.81 bits per heavy atom. The molecule has 0 atom stereocenters. The Hall–Kier alpha value is -1.66. The number of aliphatic hydroxyl groups is 1. The third-order valence-electron chi connectivity index (χ3n) is 2.83.